The van der Waals surface area contributed by atoms with E-state index in [1.54, 1.807) is 6.07 Å². The third-order valence-electron chi connectivity index (χ3n) is 3.35. The second-order valence-corrected chi connectivity index (χ2v) is 5.59. The summed E-state index contributed by atoms with van der Waals surface area (Å²) in [5, 5.41) is 11.1. The van der Waals surface area contributed by atoms with E-state index in [0.29, 0.717) is 11.4 Å². The molecule has 0 bridgehead atoms. The Labute approximate surface area is 128 Å². The number of benzene rings is 2. The molecule has 2 aromatic rings. The molecular weight excluding hydrogens is 288 g/mol. The van der Waals surface area contributed by atoms with Crippen molar-refractivity contribution in [3.05, 3.63) is 74.3 Å². The van der Waals surface area contributed by atoms with Crippen LogP contribution in [0, 0.1) is 17.0 Å². The zero-order valence-electron chi connectivity index (χ0n) is 11.8. The molecule has 2 aromatic carbocycles. The summed E-state index contributed by atoms with van der Waals surface area (Å²) in [4.78, 5) is 10.2. The molecule has 1 unspecified atom stereocenters. The van der Waals surface area contributed by atoms with Crippen LogP contribution >= 0.6 is 11.6 Å². The molecular formula is C16H17ClN2O2. The highest BCUT2D eigenvalue weighted by Crippen LogP contribution is 2.23. The summed E-state index contributed by atoms with van der Waals surface area (Å²) in [6, 6.07) is 12.7. The Morgan fingerprint density at radius 1 is 1.19 bits per heavy atom. The first-order valence-electron chi connectivity index (χ1n) is 6.69. The van der Waals surface area contributed by atoms with Gasteiger partial charge in [0.25, 0.3) is 5.69 Å². The van der Waals surface area contributed by atoms with Crippen molar-refractivity contribution in [1.82, 2.24) is 0 Å². The monoisotopic (exact) mass is 304 g/mol. The Kier molecular flexibility index (Phi) is 4.94. The summed E-state index contributed by atoms with van der Waals surface area (Å²) in [6.07, 6.45) is 1.33. The number of hydrogen-bond acceptors (Lipinski definition) is 3. The van der Waals surface area contributed by atoms with Gasteiger partial charge in [-0.1, -0.05) is 47.5 Å². The molecule has 0 heterocycles. The van der Waals surface area contributed by atoms with Crippen molar-refractivity contribution in [2.45, 2.75) is 25.8 Å². The summed E-state index contributed by atoms with van der Waals surface area (Å²) in [5.74, 6) is 0. The number of nitro groups is 1. The van der Waals surface area contributed by atoms with Crippen LogP contribution in [0.4, 0.5) is 5.69 Å². The van der Waals surface area contributed by atoms with Crippen LogP contribution in [-0.2, 0) is 12.8 Å². The fourth-order valence-corrected chi connectivity index (χ4v) is 2.45. The summed E-state index contributed by atoms with van der Waals surface area (Å²) < 4.78 is 0. The standard InChI is InChI=1S/C16H17ClN2O2/c1-11-2-4-12(5-3-11)8-14(18)9-13-6-7-15(19(20)21)10-16(13)17/h2-7,10,14H,8-9,18H2,1H3. The van der Waals surface area contributed by atoms with Crippen LogP contribution in [0.3, 0.4) is 0 Å². The number of non-ortho nitro benzene ring substituents is 1. The molecule has 0 saturated carbocycles. The molecule has 0 fully saturated rings. The molecule has 0 aliphatic carbocycles. The van der Waals surface area contributed by atoms with Gasteiger partial charge in [-0.3, -0.25) is 10.1 Å². The summed E-state index contributed by atoms with van der Waals surface area (Å²) in [5.41, 5.74) is 9.37. The third-order valence-corrected chi connectivity index (χ3v) is 3.70. The summed E-state index contributed by atoms with van der Waals surface area (Å²) >= 11 is 6.08. The van der Waals surface area contributed by atoms with Crippen LogP contribution in [0.25, 0.3) is 0 Å². The topological polar surface area (TPSA) is 69.2 Å². The van der Waals surface area contributed by atoms with Gasteiger partial charge in [0, 0.05) is 18.2 Å². The van der Waals surface area contributed by atoms with Crippen molar-refractivity contribution in [2.24, 2.45) is 5.73 Å². The van der Waals surface area contributed by atoms with E-state index in [0.717, 1.165) is 12.0 Å². The van der Waals surface area contributed by atoms with Gasteiger partial charge in [-0.2, -0.15) is 0 Å². The predicted molar refractivity (Wildman–Crippen MR) is 84.7 cm³/mol. The molecule has 1 atom stereocenters. The zero-order valence-corrected chi connectivity index (χ0v) is 12.5. The van der Waals surface area contributed by atoms with Gasteiger partial charge in [0.1, 0.15) is 0 Å². The Bertz CT molecular complexity index is 641. The van der Waals surface area contributed by atoms with Crippen LogP contribution in [0.1, 0.15) is 16.7 Å². The summed E-state index contributed by atoms with van der Waals surface area (Å²) in [6.45, 7) is 2.04. The van der Waals surface area contributed by atoms with Crippen molar-refractivity contribution < 1.29 is 4.92 Å². The Morgan fingerprint density at radius 3 is 2.43 bits per heavy atom. The number of halogens is 1. The van der Waals surface area contributed by atoms with Crippen molar-refractivity contribution in [3.63, 3.8) is 0 Å². The molecule has 0 saturated heterocycles. The smallest absolute Gasteiger partial charge is 0.270 e. The Balaban J connectivity index is 2.04. The molecule has 0 aliphatic heterocycles. The van der Waals surface area contributed by atoms with Crippen LogP contribution in [0.15, 0.2) is 42.5 Å². The Hall–Kier alpha value is -1.91. The molecule has 0 aromatic heterocycles. The Morgan fingerprint density at radius 2 is 1.86 bits per heavy atom. The molecule has 21 heavy (non-hydrogen) atoms. The molecule has 2 rings (SSSR count). The second kappa shape index (κ2) is 6.70. The fraction of sp³-hybridized carbons (Fsp3) is 0.250. The lowest BCUT2D eigenvalue weighted by Crippen LogP contribution is -2.25. The van der Waals surface area contributed by atoms with Gasteiger partial charge in [-0.15, -0.1) is 0 Å². The highest BCUT2D eigenvalue weighted by Gasteiger charge is 2.12. The molecule has 4 nitrogen and oxygen atoms in total. The van der Waals surface area contributed by atoms with E-state index in [1.807, 2.05) is 6.92 Å². The van der Waals surface area contributed by atoms with Crippen LogP contribution in [0.2, 0.25) is 5.02 Å². The van der Waals surface area contributed by atoms with Crippen LogP contribution in [0.5, 0.6) is 0 Å². The van der Waals surface area contributed by atoms with Crippen molar-refractivity contribution in [3.8, 4) is 0 Å². The van der Waals surface area contributed by atoms with E-state index in [4.69, 9.17) is 17.3 Å². The number of nitrogens with two attached hydrogens (primary N) is 1. The lowest BCUT2D eigenvalue weighted by atomic mass is 9.99. The number of aryl methyl sites for hydroxylation is 1. The lowest BCUT2D eigenvalue weighted by Gasteiger charge is -2.13. The van der Waals surface area contributed by atoms with E-state index in [1.165, 1.54) is 23.3 Å². The summed E-state index contributed by atoms with van der Waals surface area (Å²) in [7, 11) is 0. The van der Waals surface area contributed by atoms with Gasteiger partial charge < -0.3 is 5.73 Å². The molecule has 0 aliphatic rings. The van der Waals surface area contributed by atoms with E-state index in [9.17, 15) is 10.1 Å². The zero-order chi connectivity index (χ0) is 15.4. The van der Waals surface area contributed by atoms with Gasteiger partial charge >= 0.3 is 0 Å². The third kappa shape index (κ3) is 4.28. The normalized spacial score (nSPS) is 12.1. The van der Waals surface area contributed by atoms with Gasteiger partial charge in [0.15, 0.2) is 0 Å². The highest BCUT2D eigenvalue weighted by atomic mass is 35.5. The number of nitro benzene ring substituents is 1. The molecule has 110 valence electrons. The predicted octanol–water partition coefficient (Wildman–Crippen LogP) is 3.67. The molecule has 2 N–H and O–H groups in total. The number of nitrogens with zero attached hydrogens (tertiary/aromatic N) is 1. The lowest BCUT2D eigenvalue weighted by molar-refractivity contribution is -0.384. The molecule has 0 radical (unpaired) electrons. The SMILES string of the molecule is Cc1ccc(CC(N)Cc2ccc([N+](=O)[O-])cc2Cl)cc1. The first kappa shape index (κ1) is 15.5. The quantitative estimate of drug-likeness (QED) is 0.677. The highest BCUT2D eigenvalue weighted by molar-refractivity contribution is 6.31. The average Bonchev–Trinajstić information content (AvgIpc) is 2.43. The first-order valence-corrected chi connectivity index (χ1v) is 7.07. The fourth-order valence-electron chi connectivity index (χ4n) is 2.20. The van der Waals surface area contributed by atoms with Crippen molar-refractivity contribution >= 4 is 17.3 Å². The van der Waals surface area contributed by atoms with E-state index < -0.39 is 4.92 Å². The van der Waals surface area contributed by atoms with Crippen molar-refractivity contribution in [1.29, 1.82) is 0 Å². The maximum absolute atomic E-state index is 10.7. The molecule has 5 heteroatoms. The van der Waals surface area contributed by atoms with Crippen LogP contribution < -0.4 is 5.73 Å². The minimum Gasteiger partial charge on any atom is -0.327 e. The molecule has 0 spiro atoms. The largest absolute Gasteiger partial charge is 0.327 e. The first-order chi connectivity index (χ1) is 9.95. The second-order valence-electron chi connectivity index (χ2n) is 5.19. The van der Waals surface area contributed by atoms with Gasteiger partial charge in [0.05, 0.1) is 9.95 Å². The minimum absolute atomic E-state index is 0.00384. The molecule has 0 amide bonds. The maximum Gasteiger partial charge on any atom is 0.270 e. The van der Waals surface area contributed by atoms with E-state index >= 15 is 0 Å². The van der Waals surface area contributed by atoms with E-state index in [-0.39, 0.29) is 11.7 Å². The minimum atomic E-state index is -0.456. The van der Waals surface area contributed by atoms with Gasteiger partial charge in [-0.05, 0) is 30.9 Å². The maximum atomic E-state index is 10.7. The number of hydrogen-bond donors (Lipinski definition) is 1. The van der Waals surface area contributed by atoms with Gasteiger partial charge in [-0.25, -0.2) is 0 Å². The van der Waals surface area contributed by atoms with Crippen LogP contribution in [-0.4, -0.2) is 11.0 Å². The average molecular weight is 305 g/mol. The van der Waals surface area contributed by atoms with E-state index in [2.05, 4.69) is 24.3 Å². The number of rotatable bonds is 5. The van der Waals surface area contributed by atoms with Crippen molar-refractivity contribution in [2.75, 3.05) is 0 Å². The van der Waals surface area contributed by atoms with Gasteiger partial charge in [0.2, 0.25) is 0 Å².